The van der Waals surface area contributed by atoms with Gasteiger partial charge in [0.25, 0.3) is 0 Å². The fourth-order valence-electron chi connectivity index (χ4n) is 2.84. The van der Waals surface area contributed by atoms with Crippen LogP contribution in [0.5, 0.6) is 0 Å². The molecule has 2 nitrogen and oxygen atoms in total. The standard InChI is InChI=1S/C16H24N2/c1-2-4-14(5-3-1)8-10-18-11-9-15(13-18)12-17-16-6-7-16/h1-5,15-17H,6-13H2. The second kappa shape index (κ2) is 5.85. The second-order valence-electron chi connectivity index (χ2n) is 5.87. The highest BCUT2D eigenvalue weighted by Crippen LogP contribution is 2.21. The molecule has 0 aromatic heterocycles. The Morgan fingerprint density at radius 1 is 1.11 bits per heavy atom. The van der Waals surface area contributed by atoms with Gasteiger partial charge in [-0.25, -0.2) is 0 Å². The van der Waals surface area contributed by atoms with Gasteiger partial charge in [0.2, 0.25) is 0 Å². The summed E-state index contributed by atoms with van der Waals surface area (Å²) in [7, 11) is 0. The first-order valence-corrected chi connectivity index (χ1v) is 7.40. The minimum atomic E-state index is 0.864. The van der Waals surface area contributed by atoms with Crippen LogP contribution in [0.15, 0.2) is 30.3 Å². The summed E-state index contributed by atoms with van der Waals surface area (Å²) in [6.07, 6.45) is 5.40. The van der Waals surface area contributed by atoms with Crippen LogP contribution in [-0.4, -0.2) is 37.1 Å². The molecule has 18 heavy (non-hydrogen) atoms. The highest BCUT2D eigenvalue weighted by molar-refractivity contribution is 5.14. The smallest absolute Gasteiger partial charge is 0.00683 e. The maximum atomic E-state index is 3.67. The molecular formula is C16H24N2. The van der Waals surface area contributed by atoms with E-state index in [1.807, 2.05) is 0 Å². The molecule has 0 spiro atoms. The monoisotopic (exact) mass is 244 g/mol. The Bertz CT molecular complexity index is 359. The Hall–Kier alpha value is -0.860. The average Bonchev–Trinajstić information content (AvgIpc) is 3.14. The third kappa shape index (κ3) is 3.56. The molecule has 1 saturated heterocycles. The van der Waals surface area contributed by atoms with Crippen molar-refractivity contribution in [3.63, 3.8) is 0 Å². The van der Waals surface area contributed by atoms with Crippen LogP contribution in [0.3, 0.4) is 0 Å². The van der Waals surface area contributed by atoms with Gasteiger partial charge in [0.1, 0.15) is 0 Å². The molecule has 1 N–H and O–H groups in total. The summed E-state index contributed by atoms with van der Waals surface area (Å²) in [6.45, 7) is 5.06. The van der Waals surface area contributed by atoms with Crippen LogP contribution in [0.1, 0.15) is 24.8 Å². The molecule has 98 valence electrons. The minimum Gasteiger partial charge on any atom is -0.314 e. The largest absolute Gasteiger partial charge is 0.314 e. The molecular weight excluding hydrogens is 220 g/mol. The molecule has 0 radical (unpaired) electrons. The van der Waals surface area contributed by atoms with E-state index in [4.69, 9.17) is 0 Å². The number of rotatable bonds is 6. The van der Waals surface area contributed by atoms with Crippen LogP contribution in [0.4, 0.5) is 0 Å². The molecule has 2 fully saturated rings. The van der Waals surface area contributed by atoms with E-state index in [0.717, 1.165) is 12.0 Å². The van der Waals surface area contributed by atoms with Gasteiger partial charge in [-0.15, -0.1) is 0 Å². The molecule has 3 rings (SSSR count). The van der Waals surface area contributed by atoms with Crippen molar-refractivity contribution >= 4 is 0 Å². The maximum Gasteiger partial charge on any atom is 0.00683 e. The van der Waals surface area contributed by atoms with Gasteiger partial charge in [0.05, 0.1) is 0 Å². The van der Waals surface area contributed by atoms with Gasteiger partial charge in [0, 0.05) is 19.1 Å². The maximum absolute atomic E-state index is 3.67. The van der Waals surface area contributed by atoms with Crippen LogP contribution in [0.2, 0.25) is 0 Å². The van der Waals surface area contributed by atoms with Crippen molar-refractivity contribution in [3.05, 3.63) is 35.9 Å². The fourth-order valence-corrected chi connectivity index (χ4v) is 2.84. The van der Waals surface area contributed by atoms with Crippen LogP contribution in [0.25, 0.3) is 0 Å². The molecule has 0 amide bonds. The molecule has 1 aromatic carbocycles. The van der Waals surface area contributed by atoms with E-state index in [2.05, 4.69) is 40.5 Å². The molecule has 1 aliphatic carbocycles. The SMILES string of the molecule is c1ccc(CCN2CCC(CNC3CC3)C2)cc1. The van der Waals surface area contributed by atoms with E-state index in [9.17, 15) is 0 Å². The quantitative estimate of drug-likeness (QED) is 0.826. The zero-order valence-electron chi connectivity index (χ0n) is 11.1. The normalized spacial score (nSPS) is 24.6. The van der Waals surface area contributed by atoms with E-state index in [1.165, 1.54) is 57.4 Å². The Morgan fingerprint density at radius 3 is 2.72 bits per heavy atom. The number of hydrogen-bond acceptors (Lipinski definition) is 2. The summed E-state index contributed by atoms with van der Waals surface area (Å²) >= 11 is 0. The van der Waals surface area contributed by atoms with E-state index in [-0.39, 0.29) is 0 Å². The Labute approximate surface area is 110 Å². The molecule has 2 heteroatoms. The summed E-state index contributed by atoms with van der Waals surface area (Å²) in [6, 6.07) is 11.7. The van der Waals surface area contributed by atoms with Crippen molar-refractivity contribution in [1.82, 2.24) is 10.2 Å². The van der Waals surface area contributed by atoms with E-state index < -0.39 is 0 Å². The molecule has 1 atom stereocenters. The first kappa shape index (κ1) is 12.2. The van der Waals surface area contributed by atoms with Crippen molar-refractivity contribution in [1.29, 1.82) is 0 Å². The molecule has 1 unspecified atom stereocenters. The van der Waals surface area contributed by atoms with Crippen LogP contribution < -0.4 is 5.32 Å². The fraction of sp³-hybridized carbons (Fsp3) is 0.625. The topological polar surface area (TPSA) is 15.3 Å². The predicted molar refractivity (Wildman–Crippen MR) is 75.7 cm³/mol. The first-order valence-electron chi connectivity index (χ1n) is 7.40. The zero-order chi connectivity index (χ0) is 12.2. The lowest BCUT2D eigenvalue weighted by atomic mass is 10.1. The predicted octanol–water partition coefficient (Wildman–Crippen LogP) is 2.30. The second-order valence-corrected chi connectivity index (χ2v) is 5.87. The summed E-state index contributed by atoms with van der Waals surface area (Å²) in [5.74, 6) is 0.890. The Morgan fingerprint density at radius 2 is 1.94 bits per heavy atom. The van der Waals surface area contributed by atoms with Crippen LogP contribution >= 0.6 is 0 Å². The van der Waals surface area contributed by atoms with Gasteiger partial charge in [-0.1, -0.05) is 30.3 Å². The number of nitrogens with one attached hydrogen (secondary N) is 1. The Balaban J connectivity index is 1.36. The van der Waals surface area contributed by atoms with Crippen molar-refractivity contribution in [2.24, 2.45) is 5.92 Å². The summed E-state index contributed by atoms with van der Waals surface area (Å²) in [5, 5.41) is 3.67. The van der Waals surface area contributed by atoms with Crippen molar-refractivity contribution in [2.75, 3.05) is 26.2 Å². The lowest BCUT2D eigenvalue weighted by molar-refractivity contribution is 0.325. The Kier molecular flexibility index (Phi) is 3.96. The van der Waals surface area contributed by atoms with Crippen molar-refractivity contribution in [2.45, 2.75) is 31.7 Å². The molecule has 1 aliphatic heterocycles. The number of benzene rings is 1. The highest BCUT2D eigenvalue weighted by Gasteiger charge is 2.25. The molecule has 1 heterocycles. The van der Waals surface area contributed by atoms with Gasteiger partial charge < -0.3 is 10.2 Å². The minimum absolute atomic E-state index is 0.864. The number of nitrogens with zero attached hydrogens (tertiary/aromatic N) is 1. The summed E-state index contributed by atoms with van der Waals surface area (Å²) < 4.78 is 0. The third-order valence-electron chi connectivity index (χ3n) is 4.20. The van der Waals surface area contributed by atoms with Gasteiger partial charge in [-0.05, 0) is 50.3 Å². The van der Waals surface area contributed by atoms with Gasteiger partial charge in [-0.2, -0.15) is 0 Å². The average molecular weight is 244 g/mol. The van der Waals surface area contributed by atoms with Crippen molar-refractivity contribution in [3.8, 4) is 0 Å². The van der Waals surface area contributed by atoms with Gasteiger partial charge >= 0.3 is 0 Å². The number of likely N-dealkylation sites (tertiary alicyclic amines) is 1. The van der Waals surface area contributed by atoms with Crippen LogP contribution in [0, 0.1) is 5.92 Å². The molecule has 1 saturated carbocycles. The van der Waals surface area contributed by atoms with E-state index in [1.54, 1.807) is 0 Å². The summed E-state index contributed by atoms with van der Waals surface area (Å²) in [4.78, 5) is 2.63. The first-order chi connectivity index (χ1) is 8.90. The molecule has 0 bridgehead atoms. The lowest BCUT2D eigenvalue weighted by Crippen LogP contribution is -2.28. The molecule has 1 aromatic rings. The van der Waals surface area contributed by atoms with Gasteiger partial charge in [-0.3, -0.25) is 0 Å². The highest BCUT2D eigenvalue weighted by atomic mass is 15.1. The van der Waals surface area contributed by atoms with Gasteiger partial charge in [0.15, 0.2) is 0 Å². The lowest BCUT2D eigenvalue weighted by Gasteiger charge is -2.16. The van der Waals surface area contributed by atoms with E-state index in [0.29, 0.717) is 0 Å². The van der Waals surface area contributed by atoms with Crippen molar-refractivity contribution < 1.29 is 0 Å². The van der Waals surface area contributed by atoms with E-state index >= 15 is 0 Å². The molecule has 2 aliphatic rings. The summed E-state index contributed by atoms with van der Waals surface area (Å²) in [5.41, 5.74) is 1.47. The zero-order valence-corrected chi connectivity index (χ0v) is 11.1. The number of hydrogen-bond donors (Lipinski definition) is 1. The third-order valence-corrected chi connectivity index (χ3v) is 4.20. The van der Waals surface area contributed by atoms with Crippen LogP contribution in [-0.2, 0) is 6.42 Å².